The Morgan fingerprint density at radius 1 is 1.43 bits per heavy atom. The number of nitrogens with one attached hydrogen (secondary N) is 2. The van der Waals surface area contributed by atoms with E-state index in [0.29, 0.717) is 24.7 Å². The van der Waals surface area contributed by atoms with Crippen LogP contribution in [-0.2, 0) is 4.74 Å². The Balaban J connectivity index is 1.87. The normalized spacial score (nSPS) is 16.0. The van der Waals surface area contributed by atoms with Gasteiger partial charge in [-0.1, -0.05) is 0 Å². The highest BCUT2D eigenvalue weighted by Gasteiger charge is 2.28. The first-order chi connectivity index (χ1) is 11.0. The number of rotatable bonds is 6. The molecule has 1 aromatic rings. The fraction of sp³-hybridized carbons (Fsp3) is 0.625. The van der Waals surface area contributed by atoms with Gasteiger partial charge in [0.25, 0.3) is 0 Å². The van der Waals surface area contributed by atoms with Gasteiger partial charge in [-0.25, -0.2) is 9.78 Å². The fourth-order valence-corrected chi connectivity index (χ4v) is 2.48. The zero-order valence-corrected chi connectivity index (χ0v) is 14.1. The highest BCUT2D eigenvalue weighted by molar-refractivity contribution is 5.90. The number of hydrogen-bond donors (Lipinski definition) is 2. The summed E-state index contributed by atoms with van der Waals surface area (Å²) in [5.41, 5.74) is 0.440. The van der Waals surface area contributed by atoms with Crippen LogP contribution in [0.1, 0.15) is 20.8 Å². The van der Waals surface area contributed by atoms with Crippen molar-refractivity contribution in [2.24, 2.45) is 0 Å². The van der Waals surface area contributed by atoms with Crippen LogP contribution in [0.3, 0.4) is 0 Å². The summed E-state index contributed by atoms with van der Waals surface area (Å²) in [7, 11) is 0. The first kappa shape index (κ1) is 17.5. The molecule has 0 atom stereocenters. The maximum Gasteiger partial charge on any atom is 0.319 e. The molecular formula is C16H26N4O3. The zero-order chi connectivity index (χ0) is 16.7. The molecule has 2 N–H and O–H groups in total. The van der Waals surface area contributed by atoms with E-state index >= 15 is 0 Å². The van der Waals surface area contributed by atoms with Crippen molar-refractivity contribution in [2.45, 2.75) is 26.3 Å². The molecule has 1 aliphatic heterocycles. The van der Waals surface area contributed by atoms with Crippen LogP contribution in [0, 0.1) is 0 Å². The summed E-state index contributed by atoms with van der Waals surface area (Å²) in [5.74, 6) is 0.428. The van der Waals surface area contributed by atoms with Crippen molar-refractivity contribution in [2.75, 3.05) is 44.8 Å². The van der Waals surface area contributed by atoms with E-state index in [1.807, 2.05) is 6.92 Å². The van der Waals surface area contributed by atoms with E-state index in [9.17, 15) is 4.79 Å². The quantitative estimate of drug-likeness (QED) is 0.834. The SMILES string of the molecule is CCOc1ncccc1NC(=O)NCC(C)(C)N1CCOCC1. The van der Waals surface area contributed by atoms with Gasteiger partial charge in [-0.05, 0) is 32.9 Å². The number of anilines is 1. The number of carbonyl (C=O) groups excluding carboxylic acids is 1. The minimum Gasteiger partial charge on any atom is -0.476 e. The van der Waals surface area contributed by atoms with Crippen LogP contribution in [0.4, 0.5) is 10.5 Å². The van der Waals surface area contributed by atoms with Gasteiger partial charge in [-0.15, -0.1) is 0 Å². The van der Waals surface area contributed by atoms with Crippen LogP contribution in [0.25, 0.3) is 0 Å². The minimum atomic E-state index is -0.264. The lowest BCUT2D eigenvalue weighted by atomic mass is 10.0. The van der Waals surface area contributed by atoms with Gasteiger partial charge in [0.05, 0.1) is 19.8 Å². The number of morpholine rings is 1. The third-order valence-electron chi connectivity index (χ3n) is 3.85. The van der Waals surface area contributed by atoms with Gasteiger partial charge in [0.15, 0.2) is 0 Å². The Kier molecular flexibility index (Phi) is 6.18. The van der Waals surface area contributed by atoms with Crippen molar-refractivity contribution in [3.05, 3.63) is 18.3 Å². The highest BCUT2D eigenvalue weighted by Crippen LogP contribution is 2.20. The lowest BCUT2D eigenvalue weighted by molar-refractivity contribution is -0.00863. The Morgan fingerprint density at radius 2 is 2.17 bits per heavy atom. The van der Waals surface area contributed by atoms with Gasteiger partial charge < -0.3 is 20.1 Å². The summed E-state index contributed by atoms with van der Waals surface area (Å²) in [6.45, 7) is 10.4. The van der Waals surface area contributed by atoms with Crippen molar-refractivity contribution < 1.29 is 14.3 Å². The summed E-state index contributed by atoms with van der Waals surface area (Å²) in [4.78, 5) is 18.6. The van der Waals surface area contributed by atoms with E-state index in [-0.39, 0.29) is 11.6 Å². The molecule has 0 radical (unpaired) electrons. The highest BCUT2D eigenvalue weighted by atomic mass is 16.5. The zero-order valence-electron chi connectivity index (χ0n) is 14.1. The van der Waals surface area contributed by atoms with Crippen LogP contribution in [0.15, 0.2) is 18.3 Å². The van der Waals surface area contributed by atoms with E-state index in [1.54, 1.807) is 18.3 Å². The molecule has 23 heavy (non-hydrogen) atoms. The molecule has 1 aliphatic rings. The Labute approximate surface area is 137 Å². The van der Waals surface area contributed by atoms with Gasteiger partial charge in [-0.2, -0.15) is 0 Å². The number of nitrogens with zero attached hydrogens (tertiary/aromatic N) is 2. The number of urea groups is 1. The summed E-state index contributed by atoms with van der Waals surface area (Å²) in [5, 5.41) is 5.71. The Bertz CT molecular complexity index is 516. The molecule has 2 heterocycles. The Morgan fingerprint density at radius 3 is 2.87 bits per heavy atom. The van der Waals surface area contributed by atoms with Gasteiger partial charge in [0.1, 0.15) is 5.69 Å². The second-order valence-corrected chi connectivity index (χ2v) is 6.01. The van der Waals surface area contributed by atoms with Crippen molar-refractivity contribution >= 4 is 11.7 Å². The van der Waals surface area contributed by atoms with E-state index in [1.165, 1.54) is 0 Å². The molecule has 2 amide bonds. The number of ether oxygens (including phenoxy) is 2. The Hall–Kier alpha value is -1.86. The predicted molar refractivity (Wildman–Crippen MR) is 88.9 cm³/mol. The largest absolute Gasteiger partial charge is 0.476 e. The van der Waals surface area contributed by atoms with Crippen LogP contribution < -0.4 is 15.4 Å². The smallest absolute Gasteiger partial charge is 0.319 e. The maximum absolute atomic E-state index is 12.1. The lowest BCUT2D eigenvalue weighted by Gasteiger charge is -2.40. The molecule has 2 rings (SSSR count). The van der Waals surface area contributed by atoms with Crippen LogP contribution >= 0.6 is 0 Å². The summed E-state index contributed by atoms with van der Waals surface area (Å²) in [6.07, 6.45) is 1.63. The van der Waals surface area contributed by atoms with Gasteiger partial charge in [-0.3, -0.25) is 4.90 Å². The first-order valence-electron chi connectivity index (χ1n) is 7.98. The lowest BCUT2D eigenvalue weighted by Crippen LogP contribution is -2.55. The molecule has 7 nitrogen and oxygen atoms in total. The van der Waals surface area contributed by atoms with E-state index < -0.39 is 0 Å². The minimum absolute atomic E-state index is 0.126. The van der Waals surface area contributed by atoms with Crippen molar-refractivity contribution in [3.8, 4) is 5.88 Å². The van der Waals surface area contributed by atoms with Gasteiger partial charge in [0.2, 0.25) is 5.88 Å². The van der Waals surface area contributed by atoms with Crippen LogP contribution in [-0.4, -0.2) is 60.9 Å². The molecule has 1 saturated heterocycles. The van der Waals surface area contributed by atoms with E-state index in [4.69, 9.17) is 9.47 Å². The van der Waals surface area contributed by atoms with Crippen molar-refractivity contribution in [3.63, 3.8) is 0 Å². The summed E-state index contributed by atoms with van der Waals surface area (Å²) >= 11 is 0. The van der Waals surface area contributed by atoms with Crippen LogP contribution in [0.2, 0.25) is 0 Å². The molecule has 1 aromatic heterocycles. The summed E-state index contributed by atoms with van der Waals surface area (Å²) in [6, 6.07) is 3.26. The topological polar surface area (TPSA) is 75.7 Å². The number of pyridine rings is 1. The molecule has 0 saturated carbocycles. The molecule has 1 fully saturated rings. The standard InChI is InChI=1S/C16H26N4O3/c1-4-23-14-13(6-5-7-17-14)19-15(21)18-12-16(2,3)20-8-10-22-11-9-20/h5-7H,4,8-12H2,1-3H3,(H2,18,19,21). The molecule has 7 heteroatoms. The van der Waals surface area contributed by atoms with Gasteiger partial charge >= 0.3 is 6.03 Å². The third-order valence-corrected chi connectivity index (χ3v) is 3.85. The van der Waals surface area contributed by atoms with Crippen LogP contribution in [0.5, 0.6) is 5.88 Å². The molecule has 0 spiro atoms. The number of aromatic nitrogens is 1. The second-order valence-electron chi connectivity index (χ2n) is 6.01. The van der Waals surface area contributed by atoms with Crippen molar-refractivity contribution in [1.29, 1.82) is 0 Å². The third kappa shape index (κ3) is 5.07. The monoisotopic (exact) mass is 322 g/mol. The first-order valence-corrected chi connectivity index (χ1v) is 7.98. The molecular weight excluding hydrogens is 296 g/mol. The van der Waals surface area contributed by atoms with E-state index in [2.05, 4.69) is 34.4 Å². The average molecular weight is 322 g/mol. The maximum atomic E-state index is 12.1. The molecule has 0 aromatic carbocycles. The fourth-order valence-electron chi connectivity index (χ4n) is 2.48. The molecule has 128 valence electrons. The summed E-state index contributed by atoms with van der Waals surface area (Å²) < 4.78 is 10.8. The number of hydrogen-bond acceptors (Lipinski definition) is 5. The molecule has 0 unspecified atom stereocenters. The second kappa shape index (κ2) is 8.12. The molecule has 0 bridgehead atoms. The average Bonchev–Trinajstić information content (AvgIpc) is 2.56. The van der Waals surface area contributed by atoms with Crippen molar-refractivity contribution in [1.82, 2.24) is 15.2 Å². The predicted octanol–water partition coefficient (Wildman–Crippen LogP) is 1.71. The van der Waals surface area contributed by atoms with E-state index in [0.717, 1.165) is 26.3 Å². The van der Waals surface area contributed by atoms with Gasteiger partial charge in [0, 0.05) is 31.4 Å². The number of carbonyl (C=O) groups is 1. The molecule has 0 aliphatic carbocycles. The number of amides is 2.